The van der Waals surface area contributed by atoms with Gasteiger partial charge < -0.3 is 14.9 Å². The first-order valence-electron chi connectivity index (χ1n) is 7.69. The number of methoxy groups -OCH3 is 1. The van der Waals surface area contributed by atoms with E-state index in [1.807, 2.05) is 0 Å². The average Bonchev–Trinajstić information content (AvgIpc) is 2.50. The predicted molar refractivity (Wildman–Crippen MR) is 82.0 cm³/mol. The van der Waals surface area contributed by atoms with Gasteiger partial charge in [-0.05, 0) is 24.1 Å². The largest absolute Gasteiger partial charge is 0.497 e. The van der Waals surface area contributed by atoms with E-state index in [1.54, 1.807) is 31.4 Å². The predicted octanol–water partition coefficient (Wildman–Crippen LogP) is 3.84. The zero-order valence-electron chi connectivity index (χ0n) is 12.7. The van der Waals surface area contributed by atoms with Crippen LogP contribution >= 0.6 is 0 Å². The van der Waals surface area contributed by atoms with Crippen molar-refractivity contribution in [3.8, 4) is 5.75 Å². The molecule has 0 aromatic heterocycles. The summed E-state index contributed by atoms with van der Waals surface area (Å²) in [6.07, 6.45) is 6.29. The standard InChI is InChI=1S/C17H28O3/c1-3-4-5-6-7-8-9-16(18)17(19)14-10-12-15(20-2)13-11-14/h10-13,16-19H,3-9H2,1-2H3. The molecule has 3 heteroatoms. The first-order chi connectivity index (χ1) is 9.69. The Balaban J connectivity index is 2.28. The van der Waals surface area contributed by atoms with Crippen LogP contribution in [0.4, 0.5) is 0 Å². The molecule has 0 amide bonds. The van der Waals surface area contributed by atoms with Gasteiger partial charge in [0.2, 0.25) is 0 Å². The van der Waals surface area contributed by atoms with Crippen LogP contribution in [0.25, 0.3) is 0 Å². The Morgan fingerprint density at radius 2 is 1.55 bits per heavy atom. The number of rotatable bonds is 10. The molecule has 0 aliphatic rings. The van der Waals surface area contributed by atoms with Crippen molar-refractivity contribution >= 4 is 0 Å². The number of benzene rings is 1. The molecule has 1 rings (SSSR count). The zero-order chi connectivity index (χ0) is 14.8. The zero-order valence-corrected chi connectivity index (χ0v) is 12.7. The van der Waals surface area contributed by atoms with E-state index in [9.17, 15) is 10.2 Å². The minimum absolute atomic E-state index is 0.652. The monoisotopic (exact) mass is 280 g/mol. The summed E-state index contributed by atoms with van der Waals surface area (Å²) < 4.78 is 5.08. The van der Waals surface area contributed by atoms with Crippen molar-refractivity contribution in [2.24, 2.45) is 0 Å². The molecule has 2 unspecified atom stereocenters. The van der Waals surface area contributed by atoms with Crippen molar-refractivity contribution in [2.75, 3.05) is 7.11 Å². The fourth-order valence-corrected chi connectivity index (χ4v) is 2.31. The summed E-state index contributed by atoms with van der Waals surface area (Å²) in [5.41, 5.74) is 0.740. The second kappa shape index (κ2) is 9.78. The highest BCUT2D eigenvalue weighted by Crippen LogP contribution is 2.23. The van der Waals surface area contributed by atoms with Gasteiger partial charge >= 0.3 is 0 Å². The number of aliphatic hydroxyl groups excluding tert-OH is 2. The normalized spacial score (nSPS) is 14.0. The highest BCUT2D eigenvalue weighted by molar-refractivity contribution is 5.28. The Morgan fingerprint density at radius 3 is 2.15 bits per heavy atom. The van der Waals surface area contributed by atoms with Gasteiger partial charge in [0.25, 0.3) is 0 Å². The van der Waals surface area contributed by atoms with Crippen molar-refractivity contribution < 1.29 is 14.9 Å². The molecule has 0 radical (unpaired) electrons. The molecule has 0 spiro atoms. The molecule has 2 N–H and O–H groups in total. The Morgan fingerprint density at radius 1 is 0.950 bits per heavy atom. The van der Waals surface area contributed by atoms with E-state index in [-0.39, 0.29) is 0 Å². The lowest BCUT2D eigenvalue weighted by atomic mass is 9.99. The first-order valence-corrected chi connectivity index (χ1v) is 7.69. The Bertz CT molecular complexity index is 348. The van der Waals surface area contributed by atoms with E-state index >= 15 is 0 Å². The van der Waals surface area contributed by atoms with Crippen molar-refractivity contribution in [1.82, 2.24) is 0 Å². The third kappa shape index (κ3) is 5.93. The lowest BCUT2D eigenvalue weighted by molar-refractivity contribution is 0.0119. The lowest BCUT2D eigenvalue weighted by Gasteiger charge is -2.18. The summed E-state index contributed by atoms with van der Waals surface area (Å²) in [7, 11) is 1.61. The first kappa shape index (κ1) is 17.0. The van der Waals surface area contributed by atoms with Crippen LogP contribution in [-0.4, -0.2) is 23.4 Å². The topological polar surface area (TPSA) is 49.7 Å². The van der Waals surface area contributed by atoms with Gasteiger partial charge in [0.15, 0.2) is 0 Å². The van der Waals surface area contributed by atoms with Crippen LogP contribution in [-0.2, 0) is 0 Å². The molecule has 3 nitrogen and oxygen atoms in total. The maximum Gasteiger partial charge on any atom is 0.118 e. The molecule has 114 valence electrons. The second-order valence-electron chi connectivity index (χ2n) is 5.34. The Hall–Kier alpha value is -1.06. The summed E-state index contributed by atoms with van der Waals surface area (Å²) in [4.78, 5) is 0. The van der Waals surface area contributed by atoms with Crippen molar-refractivity contribution in [3.05, 3.63) is 29.8 Å². The maximum absolute atomic E-state index is 10.1. The molecule has 0 aliphatic heterocycles. The van der Waals surface area contributed by atoms with Gasteiger partial charge in [0.05, 0.1) is 13.2 Å². The molecule has 2 atom stereocenters. The van der Waals surface area contributed by atoms with Crippen LogP contribution in [0.5, 0.6) is 5.75 Å². The molecule has 0 saturated carbocycles. The fourth-order valence-electron chi connectivity index (χ4n) is 2.31. The minimum Gasteiger partial charge on any atom is -0.497 e. The molecule has 1 aromatic rings. The summed E-state index contributed by atoms with van der Waals surface area (Å²) in [5.74, 6) is 0.756. The van der Waals surface area contributed by atoms with E-state index in [0.29, 0.717) is 6.42 Å². The SMILES string of the molecule is CCCCCCCCC(O)C(O)c1ccc(OC)cc1. The molecule has 1 aromatic carbocycles. The highest BCUT2D eigenvalue weighted by atomic mass is 16.5. The van der Waals surface area contributed by atoms with E-state index in [1.165, 1.54) is 25.7 Å². The third-order valence-corrected chi connectivity index (χ3v) is 3.68. The van der Waals surface area contributed by atoms with Crippen LogP contribution in [0, 0.1) is 0 Å². The van der Waals surface area contributed by atoms with Gasteiger partial charge in [-0.1, -0.05) is 57.6 Å². The number of unbranched alkanes of at least 4 members (excludes halogenated alkanes) is 5. The van der Waals surface area contributed by atoms with E-state index < -0.39 is 12.2 Å². The summed E-state index contributed by atoms with van der Waals surface area (Å²) in [6, 6.07) is 7.20. The van der Waals surface area contributed by atoms with Gasteiger partial charge in [-0.25, -0.2) is 0 Å². The van der Waals surface area contributed by atoms with Crippen LogP contribution < -0.4 is 4.74 Å². The number of hydrogen-bond donors (Lipinski definition) is 2. The number of ether oxygens (including phenoxy) is 1. The van der Waals surface area contributed by atoms with Crippen molar-refractivity contribution in [1.29, 1.82) is 0 Å². The van der Waals surface area contributed by atoms with Crippen molar-refractivity contribution in [2.45, 2.75) is 64.1 Å². The molecular formula is C17H28O3. The second-order valence-corrected chi connectivity index (χ2v) is 5.34. The molecule has 20 heavy (non-hydrogen) atoms. The van der Waals surface area contributed by atoms with Gasteiger partial charge in [-0.2, -0.15) is 0 Å². The minimum atomic E-state index is -0.809. The van der Waals surface area contributed by atoms with Gasteiger partial charge in [-0.3, -0.25) is 0 Å². The smallest absolute Gasteiger partial charge is 0.118 e. The van der Waals surface area contributed by atoms with E-state index in [2.05, 4.69) is 6.92 Å². The van der Waals surface area contributed by atoms with Crippen LogP contribution in [0.1, 0.15) is 63.5 Å². The molecular weight excluding hydrogens is 252 g/mol. The van der Waals surface area contributed by atoms with E-state index in [4.69, 9.17) is 4.74 Å². The Labute approximate surface area is 122 Å². The summed E-state index contributed by atoms with van der Waals surface area (Å²) in [5, 5.41) is 20.1. The van der Waals surface area contributed by atoms with Gasteiger partial charge in [0, 0.05) is 0 Å². The van der Waals surface area contributed by atoms with Crippen LogP contribution in [0.15, 0.2) is 24.3 Å². The lowest BCUT2D eigenvalue weighted by Crippen LogP contribution is -2.18. The van der Waals surface area contributed by atoms with Crippen molar-refractivity contribution in [3.63, 3.8) is 0 Å². The quantitative estimate of drug-likeness (QED) is 0.640. The third-order valence-electron chi connectivity index (χ3n) is 3.68. The molecule has 0 fully saturated rings. The molecule has 0 saturated heterocycles. The average molecular weight is 280 g/mol. The molecule has 0 bridgehead atoms. The molecule has 0 heterocycles. The van der Waals surface area contributed by atoms with Gasteiger partial charge in [0.1, 0.15) is 11.9 Å². The number of hydrogen-bond acceptors (Lipinski definition) is 3. The van der Waals surface area contributed by atoms with Crippen LogP contribution in [0.2, 0.25) is 0 Å². The summed E-state index contributed by atoms with van der Waals surface area (Å²) >= 11 is 0. The fraction of sp³-hybridized carbons (Fsp3) is 0.647. The number of aliphatic hydroxyl groups is 2. The Kier molecular flexibility index (Phi) is 8.31. The van der Waals surface area contributed by atoms with E-state index in [0.717, 1.165) is 24.2 Å². The maximum atomic E-state index is 10.1. The highest BCUT2D eigenvalue weighted by Gasteiger charge is 2.17. The summed E-state index contributed by atoms with van der Waals surface area (Å²) in [6.45, 7) is 2.20. The van der Waals surface area contributed by atoms with Gasteiger partial charge in [-0.15, -0.1) is 0 Å². The van der Waals surface area contributed by atoms with Crippen LogP contribution in [0.3, 0.4) is 0 Å². The molecule has 0 aliphatic carbocycles.